The molecule has 0 spiro atoms. The lowest BCUT2D eigenvalue weighted by atomic mass is 10.1. The SMILES string of the molecule is O=C(O)CCc1ccc(S(=O)(=O)Nc2cc(C(F)(F)F)ccc2OCC(F)(F)F)cc1. The smallest absolute Gasteiger partial charge is 0.422 e. The lowest BCUT2D eigenvalue weighted by molar-refractivity contribution is -0.153. The van der Waals surface area contributed by atoms with Crippen molar-refractivity contribution in [3.05, 3.63) is 53.6 Å². The van der Waals surface area contributed by atoms with Gasteiger partial charge in [0.25, 0.3) is 10.0 Å². The number of carbonyl (C=O) groups is 1. The second-order valence-electron chi connectivity index (χ2n) is 6.26. The Kier molecular flexibility index (Phi) is 7.09. The Labute approximate surface area is 172 Å². The van der Waals surface area contributed by atoms with Crippen molar-refractivity contribution in [2.45, 2.75) is 30.1 Å². The van der Waals surface area contributed by atoms with Crippen molar-refractivity contribution in [1.82, 2.24) is 0 Å². The van der Waals surface area contributed by atoms with Crippen molar-refractivity contribution in [2.24, 2.45) is 0 Å². The number of anilines is 1. The zero-order valence-corrected chi connectivity index (χ0v) is 16.2. The third kappa shape index (κ3) is 7.35. The highest BCUT2D eigenvalue weighted by Gasteiger charge is 2.33. The molecule has 31 heavy (non-hydrogen) atoms. The van der Waals surface area contributed by atoms with E-state index in [-0.39, 0.29) is 12.8 Å². The second-order valence-corrected chi connectivity index (χ2v) is 7.94. The third-order valence-corrected chi connectivity index (χ3v) is 5.19. The van der Waals surface area contributed by atoms with Crippen LogP contribution in [0, 0.1) is 0 Å². The van der Waals surface area contributed by atoms with Gasteiger partial charge in [0.1, 0.15) is 5.75 Å². The van der Waals surface area contributed by atoms with Crippen LogP contribution < -0.4 is 9.46 Å². The van der Waals surface area contributed by atoms with Gasteiger partial charge in [0.05, 0.1) is 16.1 Å². The average molecular weight is 471 g/mol. The Morgan fingerprint density at radius 3 is 2.13 bits per heavy atom. The number of ether oxygens (including phenoxy) is 1. The first-order valence-electron chi connectivity index (χ1n) is 8.42. The molecule has 170 valence electrons. The molecule has 0 amide bonds. The number of hydrogen-bond acceptors (Lipinski definition) is 4. The lowest BCUT2D eigenvalue weighted by Gasteiger charge is -2.17. The maximum atomic E-state index is 13.0. The average Bonchev–Trinajstić information content (AvgIpc) is 2.64. The number of benzene rings is 2. The summed E-state index contributed by atoms with van der Waals surface area (Å²) in [5.74, 6) is -1.80. The number of carboxylic acids is 1. The Balaban J connectivity index is 2.33. The monoisotopic (exact) mass is 471 g/mol. The van der Waals surface area contributed by atoms with Crippen LogP contribution in [0.1, 0.15) is 17.5 Å². The molecular formula is C18H15F6NO5S. The van der Waals surface area contributed by atoms with Crippen LogP contribution in [-0.4, -0.2) is 32.3 Å². The van der Waals surface area contributed by atoms with E-state index in [0.29, 0.717) is 23.8 Å². The fourth-order valence-electron chi connectivity index (χ4n) is 2.36. The number of rotatable bonds is 8. The van der Waals surface area contributed by atoms with Crippen molar-refractivity contribution in [1.29, 1.82) is 0 Å². The molecule has 0 atom stereocenters. The quantitative estimate of drug-likeness (QED) is 0.555. The summed E-state index contributed by atoms with van der Waals surface area (Å²) >= 11 is 0. The number of carboxylic acid groups (broad SMARTS) is 1. The molecule has 6 nitrogen and oxygen atoms in total. The fourth-order valence-corrected chi connectivity index (χ4v) is 3.42. The molecule has 0 saturated heterocycles. The summed E-state index contributed by atoms with van der Waals surface area (Å²) in [6.45, 7) is -1.84. The summed E-state index contributed by atoms with van der Waals surface area (Å²) in [6.07, 6.45) is -9.76. The Hall–Kier alpha value is -2.96. The van der Waals surface area contributed by atoms with Gasteiger partial charge < -0.3 is 9.84 Å². The van der Waals surface area contributed by atoms with E-state index >= 15 is 0 Å². The molecule has 0 saturated carbocycles. The number of aliphatic carboxylic acids is 1. The second kappa shape index (κ2) is 9.04. The lowest BCUT2D eigenvalue weighted by Crippen LogP contribution is -2.21. The van der Waals surface area contributed by atoms with Gasteiger partial charge in [-0.15, -0.1) is 0 Å². The van der Waals surface area contributed by atoms with Crippen LogP contribution in [0.25, 0.3) is 0 Å². The van der Waals surface area contributed by atoms with Crippen molar-refractivity contribution in [2.75, 3.05) is 11.3 Å². The van der Waals surface area contributed by atoms with E-state index in [1.165, 1.54) is 12.1 Å². The predicted octanol–water partition coefficient (Wildman–Crippen LogP) is 4.46. The maximum Gasteiger partial charge on any atom is 0.422 e. The van der Waals surface area contributed by atoms with E-state index in [2.05, 4.69) is 4.74 Å². The fraction of sp³-hybridized carbons (Fsp3) is 0.278. The normalized spacial score (nSPS) is 12.5. The van der Waals surface area contributed by atoms with E-state index in [1.54, 1.807) is 0 Å². The Morgan fingerprint density at radius 2 is 1.61 bits per heavy atom. The topological polar surface area (TPSA) is 92.7 Å². The minimum Gasteiger partial charge on any atom is -0.482 e. The molecule has 0 aliphatic carbocycles. The van der Waals surface area contributed by atoms with Gasteiger partial charge in [0, 0.05) is 6.42 Å². The molecule has 0 aliphatic heterocycles. The van der Waals surface area contributed by atoms with Gasteiger partial charge in [-0.3, -0.25) is 9.52 Å². The maximum absolute atomic E-state index is 13.0. The predicted molar refractivity (Wildman–Crippen MR) is 96.2 cm³/mol. The summed E-state index contributed by atoms with van der Waals surface area (Å²) in [5.41, 5.74) is -1.63. The van der Waals surface area contributed by atoms with Crippen molar-refractivity contribution >= 4 is 21.7 Å². The van der Waals surface area contributed by atoms with Gasteiger partial charge in [0.2, 0.25) is 0 Å². The number of sulfonamides is 1. The highest BCUT2D eigenvalue weighted by atomic mass is 32.2. The summed E-state index contributed by atoms with van der Waals surface area (Å²) < 4.78 is 107. The molecule has 2 aromatic carbocycles. The summed E-state index contributed by atoms with van der Waals surface area (Å²) in [7, 11) is -4.49. The summed E-state index contributed by atoms with van der Waals surface area (Å²) in [6, 6.07) is 6.16. The molecule has 0 aliphatic rings. The number of alkyl halides is 6. The highest BCUT2D eigenvalue weighted by molar-refractivity contribution is 7.92. The Morgan fingerprint density at radius 1 is 1.00 bits per heavy atom. The van der Waals surface area contributed by atoms with Gasteiger partial charge in [-0.05, 0) is 42.3 Å². The molecule has 2 rings (SSSR count). The van der Waals surface area contributed by atoms with Gasteiger partial charge >= 0.3 is 18.3 Å². The van der Waals surface area contributed by atoms with Gasteiger partial charge in [0.15, 0.2) is 6.61 Å². The molecular weight excluding hydrogens is 456 g/mol. The molecule has 0 radical (unpaired) electrons. The molecule has 0 fully saturated rings. The van der Waals surface area contributed by atoms with Crippen LogP contribution in [0.15, 0.2) is 47.4 Å². The van der Waals surface area contributed by atoms with E-state index in [0.717, 1.165) is 12.1 Å². The summed E-state index contributed by atoms with van der Waals surface area (Å²) in [4.78, 5) is 10.2. The van der Waals surface area contributed by atoms with Crippen LogP contribution in [-0.2, 0) is 27.4 Å². The number of aryl methyl sites for hydroxylation is 1. The first-order chi connectivity index (χ1) is 14.2. The molecule has 13 heteroatoms. The zero-order valence-electron chi connectivity index (χ0n) is 15.4. The van der Waals surface area contributed by atoms with Gasteiger partial charge in [-0.2, -0.15) is 26.3 Å². The molecule has 0 unspecified atom stereocenters. The zero-order chi connectivity index (χ0) is 23.4. The standard InChI is InChI=1S/C18H15F6NO5S/c19-17(20,21)10-30-15-7-4-12(18(22,23)24)9-14(15)25-31(28,29)13-5-1-11(2-6-13)3-8-16(26)27/h1-2,4-7,9,25H,3,8,10H2,(H,26,27). The van der Waals surface area contributed by atoms with Crippen LogP contribution in [0.5, 0.6) is 5.75 Å². The molecule has 2 aromatic rings. The molecule has 0 heterocycles. The van der Waals surface area contributed by atoms with Crippen LogP contribution >= 0.6 is 0 Å². The van der Waals surface area contributed by atoms with Crippen molar-refractivity contribution < 1.29 is 49.4 Å². The Bertz CT molecular complexity index is 1030. The summed E-state index contributed by atoms with van der Waals surface area (Å²) in [5, 5.41) is 8.65. The van der Waals surface area contributed by atoms with Gasteiger partial charge in [-0.25, -0.2) is 8.42 Å². The first kappa shape index (κ1) is 24.3. The van der Waals surface area contributed by atoms with Crippen molar-refractivity contribution in [3.63, 3.8) is 0 Å². The third-order valence-electron chi connectivity index (χ3n) is 3.80. The molecule has 0 aromatic heterocycles. The van der Waals surface area contributed by atoms with Gasteiger partial charge in [-0.1, -0.05) is 12.1 Å². The molecule has 2 N–H and O–H groups in total. The minimum atomic E-state index is -4.88. The minimum absolute atomic E-state index is 0.117. The van der Waals surface area contributed by atoms with E-state index in [1.807, 2.05) is 4.72 Å². The van der Waals surface area contributed by atoms with E-state index in [9.17, 15) is 39.6 Å². The van der Waals surface area contributed by atoms with Crippen LogP contribution in [0.3, 0.4) is 0 Å². The van der Waals surface area contributed by atoms with Crippen LogP contribution in [0.2, 0.25) is 0 Å². The van der Waals surface area contributed by atoms with Crippen molar-refractivity contribution in [3.8, 4) is 5.75 Å². The number of hydrogen-bond donors (Lipinski definition) is 2. The highest BCUT2D eigenvalue weighted by Crippen LogP contribution is 2.36. The number of halogens is 6. The van der Waals surface area contributed by atoms with E-state index < -0.39 is 56.8 Å². The van der Waals surface area contributed by atoms with Crippen LogP contribution in [0.4, 0.5) is 32.0 Å². The number of nitrogens with one attached hydrogen (secondary N) is 1. The first-order valence-corrected chi connectivity index (χ1v) is 9.90. The largest absolute Gasteiger partial charge is 0.482 e. The van der Waals surface area contributed by atoms with E-state index in [4.69, 9.17) is 5.11 Å². The molecule has 0 bridgehead atoms.